The number of carbonyl (C=O) groups is 1. The van der Waals surface area contributed by atoms with Crippen LogP contribution in [0.15, 0.2) is 92.9 Å². The normalized spacial score (nSPS) is 17.2. The third-order valence-corrected chi connectivity index (χ3v) is 7.66. The van der Waals surface area contributed by atoms with Crippen molar-refractivity contribution in [2.75, 3.05) is 10.2 Å². The van der Waals surface area contributed by atoms with Crippen LogP contribution >= 0.6 is 15.9 Å². The van der Waals surface area contributed by atoms with Crippen molar-refractivity contribution in [2.24, 2.45) is 0 Å². The van der Waals surface area contributed by atoms with Gasteiger partial charge in [0.1, 0.15) is 11.2 Å². The number of nitrogens with one attached hydrogen (secondary N) is 4. The van der Waals surface area contributed by atoms with Crippen LogP contribution in [0.2, 0.25) is 0 Å². The molecule has 0 saturated carbocycles. The van der Waals surface area contributed by atoms with Gasteiger partial charge in [-0.05, 0) is 29.3 Å². The number of benzene rings is 3. The zero-order valence-electron chi connectivity index (χ0n) is 19.7. The van der Waals surface area contributed by atoms with E-state index in [0.29, 0.717) is 34.9 Å². The lowest BCUT2D eigenvalue weighted by atomic mass is 9.68. The highest BCUT2D eigenvalue weighted by Gasteiger charge is 2.60. The summed E-state index contributed by atoms with van der Waals surface area (Å²) in [6.07, 6.45) is 0. The number of anilines is 3. The fourth-order valence-electron chi connectivity index (χ4n) is 5.67. The predicted octanol–water partition coefficient (Wildman–Crippen LogP) is 4.15. The number of H-pyrrole nitrogens is 3. The van der Waals surface area contributed by atoms with Crippen molar-refractivity contribution in [1.82, 2.24) is 20.2 Å². The zero-order valence-corrected chi connectivity index (χ0v) is 21.3. The molecule has 3 aromatic carbocycles. The number of nitrogens with zero attached hydrogens (tertiary/aromatic N) is 2. The van der Waals surface area contributed by atoms with Crippen molar-refractivity contribution in [3.63, 3.8) is 0 Å². The molecule has 0 aliphatic carbocycles. The van der Waals surface area contributed by atoms with Gasteiger partial charge in [-0.25, -0.2) is 4.79 Å². The number of fused-ring (bicyclic) bond motifs is 6. The van der Waals surface area contributed by atoms with E-state index >= 15 is 0 Å². The van der Waals surface area contributed by atoms with E-state index in [9.17, 15) is 14.4 Å². The summed E-state index contributed by atoms with van der Waals surface area (Å²) in [5.41, 5.74) is 1.36. The molecule has 4 N–H and O–H groups in total. The third kappa shape index (κ3) is 3.04. The van der Waals surface area contributed by atoms with Gasteiger partial charge in [-0.1, -0.05) is 76.6 Å². The number of hydrogen-bond donors (Lipinski definition) is 4. The quantitative estimate of drug-likeness (QED) is 0.261. The number of rotatable bonds is 3. The molecule has 9 nitrogen and oxygen atoms in total. The summed E-state index contributed by atoms with van der Waals surface area (Å²) in [5, 5.41) is 10.7. The lowest BCUT2D eigenvalue weighted by Crippen LogP contribution is -2.49. The summed E-state index contributed by atoms with van der Waals surface area (Å²) >= 11 is 3.57. The maximum Gasteiger partial charge on any atom is 0.327 e. The average Bonchev–Trinajstić information content (AvgIpc) is 3.43. The van der Waals surface area contributed by atoms with Gasteiger partial charge in [-0.2, -0.15) is 5.10 Å². The first-order valence-corrected chi connectivity index (χ1v) is 12.7. The van der Waals surface area contributed by atoms with Gasteiger partial charge in [0.05, 0.1) is 17.8 Å². The molecule has 1 spiro atoms. The Labute approximate surface area is 223 Å². The number of aromatic nitrogens is 4. The first-order valence-electron chi connectivity index (χ1n) is 11.9. The highest BCUT2D eigenvalue weighted by atomic mass is 79.9. The maximum absolute atomic E-state index is 14.9. The van der Waals surface area contributed by atoms with Crippen molar-refractivity contribution in [2.45, 2.75) is 12.0 Å². The number of halogens is 1. The molecule has 2 aliphatic heterocycles. The van der Waals surface area contributed by atoms with Crippen molar-refractivity contribution in [1.29, 1.82) is 0 Å². The van der Waals surface area contributed by atoms with Crippen LogP contribution in [0.4, 0.5) is 17.3 Å². The minimum absolute atomic E-state index is 0.114. The summed E-state index contributed by atoms with van der Waals surface area (Å²) in [6, 6.07) is 24.8. The van der Waals surface area contributed by atoms with E-state index in [1.54, 1.807) is 4.90 Å². The summed E-state index contributed by atoms with van der Waals surface area (Å²) in [6.45, 7) is 0.300. The second kappa shape index (κ2) is 8.15. The second-order valence-corrected chi connectivity index (χ2v) is 10.2. The SMILES string of the molecule is O=C1N(Cc2ccccc2)c2ccc(Br)cc2C12c1c(n[nH]c1-c1ccccc1)Nc1[nH]c(=O)[nH]c(=O)c12. The molecule has 0 bridgehead atoms. The fourth-order valence-corrected chi connectivity index (χ4v) is 6.03. The first-order chi connectivity index (χ1) is 18.5. The second-order valence-electron chi connectivity index (χ2n) is 9.26. The standard InChI is InChI=1S/C28H19BrN6O3/c29-17-11-12-19-18(13-17)28(26(37)35(19)14-15-7-3-1-4-8-15)20-22(16-9-5-2-6-10-16)33-34-24(20)30-23-21(28)25(36)32-27(38)31-23/h1-13H,14H2,(H4,30,31,32,33,34,36,38). The Morgan fingerprint density at radius 3 is 2.37 bits per heavy atom. The summed E-state index contributed by atoms with van der Waals surface area (Å²) in [5.74, 6) is 0.186. The van der Waals surface area contributed by atoms with Crippen molar-refractivity contribution in [3.8, 4) is 11.3 Å². The molecule has 2 aromatic heterocycles. The van der Waals surface area contributed by atoms with Gasteiger partial charge in [0, 0.05) is 21.3 Å². The van der Waals surface area contributed by atoms with E-state index in [1.807, 2.05) is 78.9 Å². The van der Waals surface area contributed by atoms with Crippen LogP contribution in [0.5, 0.6) is 0 Å². The summed E-state index contributed by atoms with van der Waals surface area (Å²) in [4.78, 5) is 47.5. The topological polar surface area (TPSA) is 127 Å². The molecular formula is C28H19BrN6O3. The van der Waals surface area contributed by atoms with Crippen LogP contribution in [0.25, 0.3) is 11.3 Å². The molecule has 4 heterocycles. The molecule has 1 atom stereocenters. The van der Waals surface area contributed by atoms with Gasteiger partial charge >= 0.3 is 5.69 Å². The van der Waals surface area contributed by atoms with Crippen molar-refractivity contribution >= 4 is 39.2 Å². The Balaban J connectivity index is 1.60. The Bertz CT molecular complexity index is 1860. The molecule has 7 rings (SSSR count). The maximum atomic E-state index is 14.9. The highest BCUT2D eigenvalue weighted by molar-refractivity contribution is 9.10. The molecule has 10 heteroatoms. The van der Waals surface area contributed by atoms with Gasteiger partial charge in [0.2, 0.25) is 5.91 Å². The van der Waals surface area contributed by atoms with E-state index in [4.69, 9.17) is 0 Å². The molecule has 5 aromatic rings. The summed E-state index contributed by atoms with van der Waals surface area (Å²) in [7, 11) is 0. The smallest absolute Gasteiger partial charge is 0.324 e. The fraction of sp³-hybridized carbons (Fsp3) is 0.0714. The van der Waals surface area contributed by atoms with Crippen molar-refractivity contribution < 1.29 is 4.79 Å². The van der Waals surface area contributed by atoms with Crippen LogP contribution < -0.4 is 21.5 Å². The Morgan fingerprint density at radius 2 is 1.61 bits per heavy atom. The molecule has 2 aliphatic rings. The summed E-state index contributed by atoms with van der Waals surface area (Å²) < 4.78 is 0.747. The van der Waals surface area contributed by atoms with Gasteiger partial charge in [-0.15, -0.1) is 0 Å². The number of carbonyl (C=O) groups excluding carboxylic acids is 1. The largest absolute Gasteiger partial charge is 0.327 e. The van der Waals surface area contributed by atoms with Gasteiger partial charge < -0.3 is 10.2 Å². The number of amides is 1. The molecule has 38 heavy (non-hydrogen) atoms. The van der Waals surface area contributed by atoms with Crippen molar-refractivity contribution in [3.05, 3.63) is 126 Å². The minimum atomic E-state index is -1.58. The van der Waals surface area contributed by atoms with Gasteiger partial charge in [-0.3, -0.25) is 24.7 Å². The van der Waals surface area contributed by atoms with E-state index in [2.05, 4.69) is 41.4 Å². The predicted molar refractivity (Wildman–Crippen MR) is 147 cm³/mol. The van der Waals surface area contributed by atoms with E-state index < -0.39 is 16.7 Å². The monoisotopic (exact) mass is 566 g/mol. The molecule has 0 saturated heterocycles. The van der Waals surface area contributed by atoms with E-state index in [0.717, 1.165) is 15.6 Å². The van der Waals surface area contributed by atoms with Gasteiger partial charge in [0.15, 0.2) is 5.82 Å². The van der Waals surface area contributed by atoms with E-state index in [1.165, 1.54) is 0 Å². The molecule has 0 fully saturated rings. The molecular weight excluding hydrogens is 548 g/mol. The van der Waals surface area contributed by atoms with Crippen LogP contribution in [0.3, 0.4) is 0 Å². The molecule has 0 radical (unpaired) electrons. The molecule has 1 unspecified atom stereocenters. The van der Waals surface area contributed by atoms with Crippen LogP contribution in [0, 0.1) is 0 Å². The average molecular weight is 567 g/mol. The minimum Gasteiger partial charge on any atom is -0.324 e. The Hall–Kier alpha value is -4.70. The number of hydrogen-bond acceptors (Lipinski definition) is 5. The number of aromatic amines is 3. The van der Waals surface area contributed by atoms with E-state index in [-0.39, 0.29) is 17.3 Å². The highest BCUT2D eigenvalue weighted by Crippen LogP contribution is 2.57. The molecule has 1 amide bonds. The zero-order chi connectivity index (χ0) is 26.0. The Kier molecular flexibility index (Phi) is 4.83. The van der Waals surface area contributed by atoms with Crippen LogP contribution in [0.1, 0.15) is 22.3 Å². The third-order valence-electron chi connectivity index (χ3n) is 7.17. The lowest BCUT2D eigenvalue weighted by molar-refractivity contribution is -0.120. The Morgan fingerprint density at radius 1 is 0.868 bits per heavy atom. The van der Waals surface area contributed by atoms with Gasteiger partial charge in [0.25, 0.3) is 5.56 Å². The van der Waals surface area contributed by atoms with Crippen LogP contribution in [-0.4, -0.2) is 26.1 Å². The van der Waals surface area contributed by atoms with Crippen LogP contribution in [-0.2, 0) is 16.8 Å². The molecule has 186 valence electrons. The first kappa shape index (κ1) is 22.5. The lowest BCUT2D eigenvalue weighted by Gasteiger charge is -2.34.